The van der Waals surface area contributed by atoms with Gasteiger partial charge in [0.05, 0.1) is 13.3 Å². The molecule has 0 atom stereocenters. The fraction of sp³-hybridized carbons (Fsp3) is 0.917. The van der Waals surface area contributed by atoms with Gasteiger partial charge in [0.1, 0.15) is 0 Å². The van der Waals surface area contributed by atoms with Crippen LogP contribution in [0.4, 0.5) is 0 Å². The predicted molar refractivity (Wildman–Crippen MR) is 131 cm³/mol. The van der Waals surface area contributed by atoms with Crippen molar-refractivity contribution in [3.8, 4) is 0 Å². The van der Waals surface area contributed by atoms with Crippen molar-refractivity contribution in [2.24, 2.45) is 0 Å². The summed E-state index contributed by atoms with van der Waals surface area (Å²) >= 11 is 0. The van der Waals surface area contributed by atoms with Gasteiger partial charge in [0, 0.05) is 26.0 Å². The Kier molecular flexibility index (Phi) is 20.5. The molecule has 0 spiro atoms. The van der Waals surface area contributed by atoms with Crippen LogP contribution in [0.1, 0.15) is 117 Å². The minimum atomic E-state index is -4.22. The lowest BCUT2D eigenvalue weighted by Gasteiger charge is -2.17. The Bertz CT molecular complexity index is 512. The Morgan fingerprint density at radius 1 is 0.742 bits per heavy atom. The van der Waals surface area contributed by atoms with Gasteiger partial charge in [-0.05, 0) is 12.8 Å². The van der Waals surface area contributed by atoms with Crippen molar-refractivity contribution in [2.45, 2.75) is 117 Å². The van der Waals surface area contributed by atoms with Crippen LogP contribution in [0.15, 0.2) is 12.4 Å². The van der Waals surface area contributed by atoms with E-state index in [0.29, 0.717) is 6.42 Å². The van der Waals surface area contributed by atoms with E-state index in [-0.39, 0.29) is 6.61 Å². The fourth-order valence-corrected chi connectivity index (χ4v) is 3.91. The molecular formula is C24H50N2O4S. The first kappa shape index (κ1) is 30.2. The minimum absolute atomic E-state index is 0.0883. The van der Waals surface area contributed by atoms with Crippen LogP contribution in [-0.2, 0) is 14.6 Å². The number of unbranched alkanes of at least 4 members (excludes halogenated alkanes) is 14. The quantitative estimate of drug-likeness (QED) is 0.169. The average molecular weight is 463 g/mol. The van der Waals surface area contributed by atoms with Crippen LogP contribution in [0.25, 0.3) is 0 Å². The molecule has 0 amide bonds. The standard InChI is InChI=1S/C16H32N2.C8H18O4S/c1-3-4-5-6-7-8-9-10-11-12-13-18-15-14-17(2)16-18;1-2-3-4-5-6-7-8-12-13(9,10)11/h14-15H,3-13,16H2,1-2H3;2-8H2,1H3,(H,9,10,11). The van der Waals surface area contributed by atoms with Gasteiger partial charge in [-0.2, -0.15) is 8.42 Å². The van der Waals surface area contributed by atoms with E-state index in [4.69, 9.17) is 4.55 Å². The van der Waals surface area contributed by atoms with E-state index >= 15 is 0 Å². The molecule has 7 heteroatoms. The first-order valence-electron chi connectivity index (χ1n) is 12.6. The molecule has 1 N–H and O–H groups in total. The molecule has 0 fully saturated rings. The second-order valence-corrected chi connectivity index (χ2v) is 9.80. The van der Waals surface area contributed by atoms with Crippen LogP contribution in [0.3, 0.4) is 0 Å². The maximum atomic E-state index is 10.1. The van der Waals surface area contributed by atoms with Gasteiger partial charge in [0.2, 0.25) is 0 Å². The molecule has 0 aliphatic carbocycles. The van der Waals surface area contributed by atoms with Crippen LogP contribution in [-0.4, -0.2) is 49.6 Å². The van der Waals surface area contributed by atoms with Crippen LogP contribution < -0.4 is 0 Å². The highest BCUT2D eigenvalue weighted by Gasteiger charge is 2.06. The summed E-state index contributed by atoms with van der Waals surface area (Å²) in [5.74, 6) is 0. The third kappa shape index (κ3) is 23.7. The number of nitrogens with zero attached hydrogens (tertiary/aromatic N) is 2. The topological polar surface area (TPSA) is 70.1 Å². The van der Waals surface area contributed by atoms with Crippen molar-refractivity contribution < 1.29 is 17.2 Å². The van der Waals surface area contributed by atoms with Gasteiger partial charge in [-0.3, -0.25) is 4.55 Å². The lowest BCUT2D eigenvalue weighted by molar-refractivity contribution is 0.261. The van der Waals surface area contributed by atoms with E-state index in [0.717, 1.165) is 19.5 Å². The van der Waals surface area contributed by atoms with Gasteiger partial charge < -0.3 is 9.80 Å². The van der Waals surface area contributed by atoms with Crippen molar-refractivity contribution in [1.29, 1.82) is 0 Å². The molecule has 186 valence electrons. The summed E-state index contributed by atoms with van der Waals surface area (Å²) in [5.41, 5.74) is 0. The van der Waals surface area contributed by atoms with Crippen molar-refractivity contribution in [3.63, 3.8) is 0 Å². The Morgan fingerprint density at radius 3 is 1.61 bits per heavy atom. The summed E-state index contributed by atoms with van der Waals surface area (Å²) < 4.78 is 32.6. The summed E-state index contributed by atoms with van der Waals surface area (Å²) in [6, 6.07) is 0. The molecule has 0 radical (unpaired) electrons. The molecular weight excluding hydrogens is 412 g/mol. The third-order valence-corrected chi connectivity index (χ3v) is 5.93. The van der Waals surface area contributed by atoms with E-state index in [1.165, 1.54) is 90.0 Å². The first-order chi connectivity index (χ1) is 14.9. The Hall–Kier alpha value is -0.790. The number of hydrogen-bond acceptors (Lipinski definition) is 5. The molecule has 1 aliphatic heterocycles. The predicted octanol–water partition coefficient (Wildman–Crippen LogP) is 6.75. The number of rotatable bonds is 19. The zero-order valence-electron chi connectivity index (χ0n) is 20.6. The lowest BCUT2D eigenvalue weighted by atomic mass is 10.1. The normalized spacial score (nSPS) is 13.5. The molecule has 0 bridgehead atoms. The highest BCUT2D eigenvalue weighted by atomic mass is 32.3. The Balaban J connectivity index is 0.000000615. The first-order valence-corrected chi connectivity index (χ1v) is 14.0. The highest BCUT2D eigenvalue weighted by Crippen LogP contribution is 2.12. The van der Waals surface area contributed by atoms with E-state index in [1.807, 2.05) is 0 Å². The van der Waals surface area contributed by atoms with Crippen LogP contribution in [0.2, 0.25) is 0 Å². The van der Waals surface area contributed by atoms with E-state index < -0.39 is 10.4 Å². The van der Waals surface area contributed by atoms with Crippen LogP contribution in [0.5, 0.6) is 0 Å². The summed E-state index contributed by atoms with van der Waals surface area (Å²) in [7, 11) is -2.09. The molecule has 0 aromatic heterocycles. The van der Waals surface area contributed by atoms with Gasteiger partial charge in [0.25, 0.3) is 0 Å². The zero-order chi connectivity index (χ0) is 23.2. The number of hydrogen-bond donors (Lipinski definition) is 1. The van der Waals surface area contributed by atoms with Crippen molar-refractivity contribution >= 4 is 10.4 Å². The minimum Gasteiger partial charge on any atom is -0.362 e. The van der Waals surface area contributed by atoms with Gasteiger partial charge in [-0.15, -0.1) is 0 Å². The second-order valence-electron chi connectivity index (χ2n) is 8.71. The lowest BCUT2D eigenvalue weighted by Crippen LogP contribution is -2.23. The molecule has 6 nitrogen and oxygen atoms in total. The van der Waals surface area contributed by atoms with E-state index in [2.05, 4.69) is 47.3 Å². The molecule has 31 heavy (non-hydrogen) atoms. The molecule has 0 aromatic carbocycles. The van der Waals surface area contributed by atoms with E-state index in [9.17, 15) is 8.42 Å². The van der Waals surface area contributed by atoms with Gasteiger partial charge in [-0.1, -0.05) is 104 Å². The summed E-state index contributed by atoms with van der Waals surface area (Å²) in [6.45, 7) is 6.83. The van der Waals surface area contributed by atoms with Crippen LogP contribution in [0, 0.1) is 0 Å². The van der Waals surface area contributed by atoms with Gasteiger partial charge >= 0.3 is 10.4 Å². The van der Waals surface area contributed by atoms with Crippen molar-refractivity contribution in [3.05, 3.63) is 12.4 Å². The van der Waals surface area contributed by atoms with E-state index in [1.54, 1.807) is 0 Å². The monoisotopic (exact) mass is 462 g/mol. The molecule has 1 rings (SSSR count). The zero-order valence-corrected chi connectivity index (χ0v) is 21.4. The van der Waals surface area contributed by atoms with Gasteiger partial charge in [-0.25, -0.2) is 4.18 Å². The molecule has 0 saturated heterocycles. The molecule has 0 unspecified atom stereocenters. The molecule has 1 heterocycles. The maximum Gasteiger partial charge on any atom is 0.397 e. The summed E-state index contributed by atoms with van der Waals surface area (Å²) in [6.07, 6.45) is 25.0. The highest BCUT2D eigenvalue weighted by molar-refractivity contribution is 7.80. The summed E-state index contributed by atoms with van der Waals surface area (Å²) in [4.78, 5) is 4.64. The molecule has 0 aromatic rings. The second kappa shape index (κ2) is 21.1. The molecule has 1 aliphatic rings. The van der Waals surface area contributed by atoms with Crippen molar-refractivity contribution in [1.82, 2.24) is 9.80 Å². The largest absolute Gasteiger partial charge is 0.397 e. The Labute approximate surface area is 193 Å². The SMILES string of the molecule is CCCCCCCCCCCCN1C=CN(C)C1.CCCCCCCCOS(=O)(=O)O. The smallest absolute Gasteiger partial charge is 0.362 e. The fourth-order valence-electron chi connectivity index (χ4n) is 3.58. The molecule has 0 saturated carbocycles. The van der Waals surface area contributed by atoms with Gasteiger partial charge in [0.15, 0.2) is 0 Å². The average Bonchev–Trinajstić information content (AvgIpc) is 3.13. The van der Waals surface area contributed by atoms with Crippen LogP contribution >= 0.6 is 0 Å². The van der Waals surface area contributed by atoms with Crippen molar-refractivity contribution in [2.75, 3.05) is 26.9 Å². The summed E-state index contributed by atoms with van der Waals surface area (Å²) in [5, 5.41) is 0. The Morgan fingerprint density at radius 2 is 1.19 bits per heavy atom. The third-order valence-electron chi connectivity index (χ3n) is 5.47. The maximum absolute atomic E-state index is 10.1.